The smallest absolute Gasteiger partial charge is 0.168 e. The second-order valence-corrected chi connectivity index (χ2v) is 3.20. The van der Waals surface area contributed by atoms with Gasteiger partial charge in [0.15, 0.2) is 10.7 Å². The van der Waals surface area contributed by atoms with Crippen LogP contribution in [0, 0.1) is 0 Å². The van der Waals surface area contributed by atoms with Gasteiger partial charge >= 0.3 is 0 Å². The van der Waals surface area contributed by atoms with Gasteiger partial charge in [0, 0.05) is 5.02 Å². The molecule has 1 rings (SSSR count). The molecule has 1 aromatic rings. The van der Waals surface area contributed by atoms with Gasteiger partial charge in [-0.25, -0.2) is 8.42 Å². The lowest BCUT2D eigenvalue weighted by Crippen LogP contribution is -1.76. The Morgan fingerprint density at radius 1 is 1.10 bits per heavy atom. The molecule has 0 spiro atoms. The highest BCUT2D eigenvalue weighted by Crippen LogP contribution is 2.09. The van der Waals surface area contributed by atoms with Crippen LogP contribution in [0.5, 0.6) is 0 Å². The van der Waals surface area contributed by atoms with Crippen molar-refractivity contribution in [2.75, 3.05) is 0 Å². The summed E-state index contributed by atoms with van der Waals surface area (Å²) in [4.78, 5) is 0.291. The summed E-state index contributed by atoms with van der Waals surface area (Å²) in [6.07, 6.45) is 0. The maximum atomic E-state index is 10.3. The molecule has 0 aliphatic rings. The van der Waals surface area contributed by atoms with Crippen LogP contribution in [0.3, 0.4) is 0 Å². The van der Waals surface area contributed by atoms with Crippen molar-refractivity contribution in [3.8, 4) is 0 Å². The van der Waals surface area contributed by atoms with Crippen LogP contribution in [0.1, 0.15) is 0 Å². The van der Waals surface area contributed by atoms with Gasteiger partial charge in [-0.1, -0.05) is 11.6 Å². The number of benzene rings is 1. The number of rotatable bonds is 1. The van der Waals surface area contributed by atoms with Crippen LogP contribution in [0.25, 0.3) is 0 Å². The van der Waals surface area contributed by atoms with Crippen LogP contribution in [0.2, 0.25) is 5.02 Å². The quantitative estimate of drug-likeness (QED) is 0.655. The Morgan fingerprint density at radius 3 is 2.00 bits per heavy atom. The van der Waals surface area contributed by atoms with E-state index in [2.05, 4.69) is 0 Å². The summed E-state index contributed by atoms with van der Waals surface area (Å²) in [7, 11) is -2.47. The molecule has 0 amide bonds. The monoisotopic (exact) mass is 176 g/mol. The molecule has 2 nitrogen and oxygen atoms in total. The van der Waals surface area contributed by atoms with Crippen molar-refractivity contribution in [1.82, 2.24) is 0 Å². The molecule has 1 aromatic carbocycles. The number of thiol groups is 1. The van der Waals surface area contributed by atoms with Gasteiger partial charge in [0.1, 0.15) is 0 Å². The molecule has 0 fully saturated rings. The summed E-state index contributed by atoms with van der Waals surface area (Å²) < 4.78 is 20.6. The van der Waals surface area contributed by atoms with Crippen molar-refractivity contribution in [2.24, 2.45) is 0 Å². The minimum atomic E-state index is -2.47. The van der Waals surface area contributed by atoms with E-state index in [1.807, 2.05) is 0 Å². The standard InChI is InChI=1S/C6H5ClO2S/c7-5-1-3-6(4-2-5)10(8)9/h1-4,10H. The van der Waals surface area contributed by atoms with Gasteiger partial charge in [-0.2, -0.15) is 0 Å². The van der Waals surface area contributed by atoms with E-state index in [0.717, 1.165) is 0 Å². The van der Waals surface area contributed by atoms with Crippen LogP contribution in [-0.4, -0.2) is 8.42 Å². The lowest BCUT2D eigenvalue weighted by molar-refractivity contribution is 0.614. The Bertz CT molecular complexity index is 281. The van der Waals surface area contributed by atoms with Gasteiger partial charge in [0.2, 0.25) is 0 Å². The predicted octanol–water partition coefficient (Wildman–Crippen LogP) is 1.31. The molecule has 4 heteroatoms. The van der Waals surface area contributed by atoms with Crippen molar-refractivity contribution >= 4 is 22.3 Å². The second-order valence-electron chi connectivity index (χ2n) is 1.73. The summed E-state index contributed by atoms with van der Waals surface area (Å²) in [6.45, 7) is 0. The van der Waals surface area contributed by atoms with E-state index in [-0.39, 0.29) is 0 Å². The van der Waals surface area contributed by atoms with Gasteiger partial charge in [-0.15, -0.1) is 0 Å². The maximum absolute atomic E-state index is 10.3. The normalized spacial score (nSPS) is 10.2. The molecule has 0 atom stereocenters. The van der Waals surface area contributed by atoms with E-state index < -0.39 is 10.7 Å². The Kier molecular flexibility index (Phi) is 2.29. The Labute approximate surface area is 65.4 Å². The third-order valence-corrected chi connectivity index (χ3v) is 2.01. The van der Waals surface area contributed by atoms with Crippen LogP contribution in [-0.2, 0) is 10.7 Å². The average molecular weight is 177 g/mol. The molecule has 0 saturated carbocycles. The van der Waals surface area contributed by atoms with E-state index in [1.165, 1.54) is 12.1 Å². The Hall–Kier alpha value is -0.540. The van der Waals surface area contributed by atoms with Gasteiger partial charge in [-0.05, 0) is 24.3 Å². The molecule has 0 aliphatic heterocycles. The largest absolute Gasteiger partial charge is 0.227 e. The highest BCUT2D eigenvalue weighted by atomic mass is 35.5. The fourth-order valence-electron chi connectivity index (χ4n) is 0.563. The first-order valence-corrected chi connectivity index (χ1v) is 4.15. The zero-order chi connectivity index (χ0) is 7.56. The molecular formula is C6H5ClO2S. The molecule has 10 heavy (non-hydrogen) atoms. The summed E-state index contributed by atoms with van der Waals surface area (Å²) >= 11 is 5.52. The number of hydrogen-bond acceptors (Lipinski definition) is 2. The third kappa shape index (κ3) is 1.72. The first-order valence-electron chi connectivity index (χ1n) is 2.60. The Balaban J connectivity index is 3.12. The second kappa shape index (κ2) is 3.03. The molecular weight excluding hydrogens is 172 g/mol. The van der Waals surface area contributed by atoms with Crippen molar-refractivity contribution in [3.63, 3.8) is 0 Å². The number of halogens is 1. The first kappa shape index (κ1) is 7.57. The average Bonchev–Trinajstić information content (AvgIpc) is 1.88. The minimum absolute atomic E-state index is 0.291. The zero-order valence-electron chi connectivity index (χ0n) is 4.95. The molecule has 0 saturated heterocycles. The van der Waals surface area contributed by atoms with Crippen LogP contribution in [0.4, 0.5) is 0 Å². The van der Waals surface area contributed by atoms with Crippen LogP contribution < -0.4 is 0 Å². The fraction of sp³-hybridized carbons (Fsp3) is 0. The molecule has 0 N–H and O–H groups in total. The molecule has 0 bridgehead atoms. The third-order valence-electron chi connectivity index (χ3n) is 1.04. The molecule has 54 valence electrons. The van der Waals surface area contributed by atoms with E-state index in [1.54, 1.807) is 12.1 Å². The van der Waals surface area contributed by atoms with Gasteiger partial charge in [-0.3, -0.25) is 0 Å². The zero-order valence-corrected chi connectivity index (χ0v) is 6.60. The predicted molar refractivity (Wildman–Crippen MR) is 40.0 cm³/mol. The summed E-state index contributed by atoms with van der Waals surface area (Å²) in [6, 6.07) is 6.02. The minimum Gasteiger partial charge on any atom is -0.227 e. The topological polar surface area (TPSA) is 34.1 Å². The van der Waals surface area contributed by atoms with Gasteiger partial charge < -0.3 is 0 Å². The molecule has 0 heterocycles. The Morgan fingerprint density at radius 2 is 1.60 bits per heavy atom. The molecule has 0 radical (unpaired) electrons. The van der Waals surface area contributed by atoms with Crippen molar-refractivity contribution in [3.05, 3.63) is 29.3 Å². The van der Waals surface area contributed by atoms with E-state index in [4.69, 9.17) is 11.6 Å². The van der Waals surface area contributed by atoms with Crippen LogP contribution in [0.15, 0.2) is 29.2 Å². The highest BCUT2D eigenvalue weighted by molar-refractivity contribution is 7.72. The molecule has 0 unspecified atom stereocenters. The molecule has 0 aromatic heterocycles. The van der Waals surface area contributed by atoms with Crippen LogP contribution >= 0.6 is 11.6 Å². The summed E-state index contributed by atoms with van der Waals surface area (Å²) in [5, 5.41) is 0.542. The summed E-state index contributed by atoms with van der Waals surface area (Å²) in [5.74, 6) is 0. The molecule has 0 aliphatic carbocycles. The van der Waals surface area contributed by atoms with Gasteiger partial charge in [0.05, 0.1) is 4.90 Å². The highest BCUT2D eigenvalue weighted by Gasteiger charge is 1.91. The summed E-state index contributed by atoms with van der Waals surface area (Å²) in [5.41, 5.74) is 0. The SMILES string of the molecule is O=[SH](=O)c1ccc(Cl)cc1. The number of hydrogen-bond donors (Lipinski definition) is 1. The van der Waals surface area contributed by atoms with Gasteiger partial charge in [0.25, 0.3) is 0 Å². The maximum Gasteiger partial charge on any atom is 0.168 e. The lowest BCUT2D eigenvalue weighted by atomic mass is 10.4. The van der Waals surface area contributed by atoms with Crippen molar-refractivity contribution in [1.29, 1.82) is 0 Å². The van der Waals surface area contributed by atoms with E-state index in [9.17, 15) is 8.42 Å². The van der Waals surface area contributed by atoms with Crippen molar-refractivity contribution < 1.29 is 8.42 Å². The van der Waals surface area contributed by atoms with E-state index >= 15 is 0 Å². The lowest BCUT2D eigenvalue weighted by Gasteiger charge is -1.88. The fourth-order valence-corrected chi connectivity index (χ4v) is 1.08. The van der Waals surface area contributed by atoms with Crippen molar-refractivity contribution in [2.45, 2.75) is 4.90 Å². The first-order chi connectivity index (χ1) is 4.70. The van der Waals surface area contributed by atoms with E-state index in [0.29, 0.717) is 9.92 Å².